The first-order valence-electron chi connectivity index (χ1n) is 10.5. The van der Waals surface area contributed by atoms with Crippen molar-refractivity contribution in [2.24, 2.45) is 0 Å². The SMILES string of the molecule is COCCCNC(=O)COc1ccc(C(=O)Nc2nc(-c3ccc(OC)cc3)cs2)cc1OC. The van der Waals surface area contributed by atoms with Gasteiger partial charge < -0.3 is 24.3 Å². The van der Waals surface area contributed by atoms with E-state index in [4.69, 9.17) is 18.9 Å². The Morgan fingerprint density at radius 1 is 1.00 bits per heavy atom. The van der Waals surface area contributed by atoms with E-state index < -0.39 is 0 Å². The molecule has 0 aliphatic carbocycles. The minimum atomic E-state index is -0.337. The van der Waals surface area contributed by atoms with Crippen molar-refractivity contribution in [1.29, 1.82) is 0 Å². The first-order chi connectivity index (χ1) is 16.5. The monoisotopic (exact) mass is 485 g/mol. The molecular formula is C24H27N3O6S. The van der Waals surface area contributed by atoms with Crippen LogP contribution in [0.5, 0.6) is 17.2 Å². The number of aromatic nitrogens is 1. The Hall–Kier alpha value is -3.63. The molecular weight excluding hydrogens is 458 g/mol. The molecule has 0 bridgehead atoms. The molecule has 1 heterocycles. The molecule has 2 amide bonds. The highest BCUT2D eigenvalue weighted by molar-refractivity contribution is 7.14. The second-order valence-corrected chi connectivity index (χ2v) is 7.93. The van der Waals surface area contributed by atoms with Gasteiger partial charge in [0.25, 0.3) is 11.8 Å². The van der Waals surface area contributed by atoms with Gasteiger partial charge in [-0.3, -0.25) is 14.9 Å². The van der Waals surface area contributed by atoms with Crippen molar-refractivity contribution in [1.82, 2.24) is 10.3 Å². The maximum absolute atomic E-state index is 12.7. The van der Waals surface area contributed by atoms with Crippen molar-refractivity contribution < 1.29 is 28.5 Å². The van der Waals surface area contributed by atoms with Gasteiger partial charge in [0.1, 0.15) is 5.75 Å². The zero-order valence-electron chi connectivity index (χ0n) is 19.3. The Labute approximate surface area is 202 Å². The van der Waals surface area contributed by atoms with Gasteiger partial charge in [-0.15, -0.1) is 11.3 Å². The van der Waals surface area contributed by atoms with E-state index in [1.165, 1.54) is 18.4 Å². The molecule has 3 aromatic rings. The lowest BCUT2D eigenvalue weighted by atomic mass is 10.2. The molecule has 2 aromatic carbocycles. The molecule has 0 fully saturated rings. The molecule has 34 heavy (non-hydrogen) atoms. The van der Waals surface area contributed by atoms with Gasteiger partial charge in [-0.1, -0.05) is 0 Å². The van der Waals surface area contributed by atoms with Crippen LogP contribution in [-0.2, 0) is 9.53 Å². The van der Waals surface area contributed by atoms with Crippen LogP contribution in [-0.4, -0.2) is 57.9 Å². The number of amides is 2. The summed E-state index contributed by atoms with van der Waals surface area (Å²) < 4.78 is 21.0. The lowest BCUT2D eigenvalue weighted by molar-refractivity contribution is -0.123. The number of hydrogen-bond donors (Lipinski definition) is 2. The summed E-state index contributed by atoms with van der Waals surface area (Å²) in [7, 11) is 4.69. The largest absolute Gasteiger partial charge is 0.497 e. The molecule has 0 spiro atoms. The topological polar surface area (TPSA) is 108 Å². The molecule has 0 saturated heterocycles. The predicted molar refractivity (Wildman–Crippen MR) is 130 cm³/mol. The summed E-state index contributed by atoms with van der Waals surface area (Å²) in [6, 6.07) is 12.3. The summed E-state index contributed by atoms with van der Waals surface area (Å²) in [5.41, 5.74) is 2.04. The maximum Gasteiger partial charge on any atom is 0.257 e. The molecule has 0 aliphatic rings. The molecule has 0 unspecified atom stereocenters. The van der Waals surface area contributed by atoms with Crippen molar-refractivity contribution in [2.75, 3.05) is 46.4 Å². The van der Waals surface area contributed by atoms with Crippen LogP contribution in [0.15, 0.2) is 47.8 Å². The Morgan fingerprint density at radius 3 is 2.50 bits per heavy atom. The molecule has 180 valence electrons. The van der Waals surface area contributed by atoms with Crippen molar-refractivity contribution in [2.45, 2.75) is 6.42 Å². The van der Waals surface area contributed by atoms with Crippen molar-refractivity contribution in [3.05, 3.63) is 53.4 Å². The van der Waals surface area contributed by atoms with E-state index >= 15 is 0 Å². The number of ether oxygens (including phenoxy) is 4. The Morgan fingerprint density at radius 2 is 1.79 bits per heavy atom. The van der Waals surface area contributed by atoms with Crippen molar-refractivity contribution in [3.63, 3.8) is 0 Å². The standard InChI is InChI=1S/C24H27N3O6S/c1-30-12-4-11-25-22(28)14-33-20-10-7-17(13-21(20)32-3)23(29)27-24-26-19(15-34-24)16-5-8-18(31-2)9-6-16/h5-10,13,15H,4,11-12,14H2,1-3H3,(H,25,28)(H,26,27,29). The molecule has 2 N–H and O–H groups in total. The van der Waals surface area contributed by atoms with Gasteiger partial charge in [0, 0.05) is 36.8 Å². The van der Waals surface area contributed by atoms with Gasteiger partial charge >= 0.3 is 0 Å². The van der Waals surface area contributed by atoms with Crippen LogP contribution < -0.4 is 24.8 Å². The third-order valence-corrected chi connectivity index (χ3v) is 5.50. The summed E-state index contributed by atoms with van der Waals surface area (Å²) >= 11 is 1.33. The Kier molecular flexibility index (Phi) is 9.24. The smallest absolute Gasteiger partial charge is 0.257 e. The molecule has 0 radical (unpaired) electrons. The fourth-order valence-corrected chi connectivity index (χ4v) is 3.68. The predicted octanol–water partition coefficient (Wildman–Crippen LogP) is 3.61. The second-order valence-electron chi connectivity index (χ2n) is 7.07. The molecule has 1 aromatic heterocycles. The Balaban J connectivity index is 1.59. The lowest BCUT2D eigenvalue weighted by Gasteiger charge is -2.12. The quantitative estimate of drug-likeness (QED) is 0.377. The van der Waals surface area contributed by atoms with Crippen LogP contribution in [0.4, 0.5) is 5.13 Å². The van der Waals surface area contributed by atoms with Gasteiger partial charge in [-0.25, -0.2) is 4.98 Å². The normalized spacial score (nSPS) is 10.4. The Bertz CT molecular complexity index is 1100. The zero-order valence-corrected chi connectivity index (χ0v) is 20.1. The first-order valence-corrected chi connectivity index (χ1v) is 11.4. The van der Waals surface area contributed by atoms with E-state index in [2.05, 4.69) is 15.6 Å². The van der Waals surface area contributed by atoms with Crippen LogP contribution in [0, 0.1) is 0 Å². The average Bonchev–Trinajstić information content (AvgIpc) is 3.33. The van der Waals surface area contributed by atoms with Crippen LogP contribution in [0.1, 0.15) is 16.8 Å². The van der Waals surface area contributed by atoms with E-state index in [1.807, 2.05) is 29.6 Å². The van der Waals surface area contributed by atoms with E-state index in [9.17, 15) is 9.59 Å². The molecule has 10 heteroatoms. The van der Waals surface area contributed by atoms with Gasteiger partial charge in [0.2, 0.25) is 0 Å². The molecule has 0 aliphatic heterocycles. The highest BCUT2D eigenvalue weighted by Crippen LogP contribution is 2.30. The number of benzene rings is 2. The van der Waals surface area contributed by atoms with Crippen LogP contribution >= 0.6 is 11.3 Å². The summed E-state index contributed by atoms with van der Waals surface area (Å²) in [6.45, 7) is 0.910. The minimum Gasteiger partial charge on any atom is -0.497 e. The van der Waals surface area contributed by atoms with Gasteiger partial charge in [-0.2, -0.15) is 0 Å². The molecule has 9 nitrogen and oxygen atoms in total. The second kappa shape index (κ2) is 12.6. The van der Waals surface area contributed by atoms with Gasteiger partial charge in [-0.05, 0) is 48.9 Å². The number of rotatable bonds is 12. The number of hydrogen-bond acceptors (Lipinski definition) is 8. The number of anilines is 1. The van der Waals surface area contributed by atoms with Gasteiger partial charge in [0.05, 0.1) is 19.9 Å². The maximum atomic E-state index is 12.7. The third-order valence-electron chi connectivity index (χ3n) is 4.74. The van der Waals surface area contributed by atoms with E-state index in [1.54, 1.807) is 32.4 Å². The number of methoxy groups -OCH3 is 3. The molecule has 0 atom stereocenters. The fraction of sp³-hybridized carbons (Fsp3) is 0.292. The lowest BCUT2D eigenvalue weighted by Crippen LogP contribution is -2.30. The first kappa shape index (κ1) is 25.0. The third kappa shape index (κ3) is 6.93. The van der Waals surface area contributed by atoms with Crippen LogP contribution in [0.25, 0.3) is 11.3 Å². The molecule has 0 saturated carbocycles. The van der Waals surface area contributed by atoms with Crippen molar-refractivity contribution >= 4 is 28.3 Å². The summed E-state index contributed by atoms with van der Waals surface area (Å²) in [5.74, 6) is 0.879. The van der Waals surface area contributed by atoms with E-state index in [0.717, 1.165) is 23.4 Å². The highest BCUT2D eigenvalue weighted by Gasteiger charge is 2.14. The zero-order chi connectivity index (χ0) is 24.3. The highest BCUT2D eigenvalue weighted by atomic mass is 32.1. The van der Waals surface area contributed by atoms with Crippen LogP contribution in [0.2, 0.25) is 0 Å². The number of nitrogens with one attached hydrogen (secondary N) is 2. The van der Waals surface area contributed by atoms with E-state index in [0.29, 0.717) is 35.3 Å². The number of carbonyl (C=O) groups is 2. The summed E-state index contributed by atoms with van der Waals surface area (Å²) in [6.07, 6.45) is 0.718. The van der Waals surface area contributed by atoms with E-state index in [-0.39, 0.29) is 18.4 Å². The summed E-state index contributed by atoms with van der Waals surface area (Å²) in [5, 5.41) is 7.88. The number of thiazole rings is 1. The number of nitrogens with zero attached hydrogens (tertiary/aromatic N) is 1. The number of carbonyl (C=O) groups excluding carboxylic acids is 2. The van der Waals surface area contributed by atoms with Gasteiger partial charge in [0.15, 0.2) is 23.2 Å². The van der Waals surface area contributed by atoms with Crippen molar-refractivity contribution in [3.8, 4) is 28.5 Å². The minimum absolute atomic E-state index is 0.165. The molecule has 3 rings (SSSR count). The summed E-state index contributed by atoms with van der Waals surface area (Å²) in [4.78, 5) is 29.1. The average molecular weight is 486 g/mol. The van der Waals surface area contributed by atoms with Crippen LogP contribution in [0.3, 0.4) is 0 Å². The fourth-order valence-electron chi connectivity index (χ4n) is 2.96.